The summed E-state index contributed by atoms with van der Waals surface area (Å²) in [6.45, 7) is 7.41. The van der Waals surface area contributed by atoms with Crippen LogP contribution in [0.5, 0.6) is 0 Å². The molecular weight excluding hydrogens is 350 g/mol. The van der Waals surface area contributed by atoms with Crippen molar-refractivity contribution >= 4 is 11.6 Å². The maximum atomic E-state index is 12.6. The van der Waals surface area contributed by atoms with Crippen molar-refractivity contribution in [2.24, 2.45) is 0 Å². The molecule has 0 bridgehead atoms. The Morgan fingerprint density at radius 3 is 2.82 bits per heavy atom. The normalized spacial score (nSPS) is 25.3. The second-order valence-corrected chi connectivity index (χ2v) is 8.56. The van der Waals surface area contributed by atoms with Crippen LogP contribution in [0.4, 0.5) is 5.69 Å². The van der Waals surface area contributed by atoms with Crippen LogP contribution < -0.4 is 4.90 Å². The minimum atomic E-state index is 0.0607. The Bertz CT molecular complexity index is 848. The number of carbonyl (C=O) groups excluding carboxylic acids is 1. The van der Waals surface area contributed by atoms with Crippen LogP contribution in [0.1, 0.15) is 47.7 Å². The van der Waals surface area contributed by atoms with E-state index in [0.717, 1.165) is 32.1 Å². The molecule has 5 heteroatoms. The lowest BCUT2D eigenvalue weighted by Gasteiger charge is -2.31. The number of nitrogens with zero attached hydrogens (tertiary/aromatic N) is 3. The third-order valence-electron chi connectivity index (χ3n) is 6.86. The number of anilines is 1. The molecule has 3 aliphatic rings. The van der Waals surface area contributed by atoms with E-state index >= 15 is 0 Å². The summed E-state index contributed by atoms with van der Waals surface area (Å²) in [4.78, 5) is 19.8. The molecule has 0 N–H and O–H groups in total. The fraction of sp³-hybridized carbons (Fsp3) is 0.522. The lowest BCUT2D eigenvalue weighted by Crippen LogP contribution is -2.39. The van der Waals surface area contributed by atoms with Crippen molar-refractivity contribution in [3.8, 4) is 0 Å². The zero-order valence-electron chi connectivity index (χ0n) is 16.6. The fourth-order valence-electron chi connectivity index (χ4n) is 5.22. The first-order valence-corrected chi connectivity index (χ1v) is 10.6. The third-order valence-corrected chi connectivity index (χ3v) is 6.86. The molecule has 0 aliphatic carbocycles. The molecule has 148 valence electrons. The smallest absolute Gasteiger partial charge is 0.257 e. The number of likely N-dealkylation sites (tertiary alicyclic amines) is 1. The Hall–Kier alpha value is -2.27. The van der Waals surface area contributed by atoms with Crippen LogP contribution in [0.25, 0.3) is 0 Å². The molecule has 0 saturated carbocycles. The molecule has 4 heterocycles. The zero-order valence-corrected chi connectivity index (χ0v) is 16.6. The Balaban J connectivity index is 1.27. The lowest BCUT2D eigenvalue weighted by molar-refractivity contribution is 0.0734. The average molecular weight is 380 g/mol. The monoisotopic (exact) mass is 379 g/mol. The number of benzene rings is 1. The zero-order chi connectivity index (χ0) is 19.1. The molecule has 28 heavy (non-hydrogen) atoms. The molecule has 2 saturated heterocycles. The Labute approximate surface area is 166 Å². The first kappa shape index (κ1) is 17.8. The predicted octanol–water partition coefficient (Wildman–Crippen LogP) is 3.54. The van der Waals surface area contributed by atoms with Gasteiger partial charge in [0.2, 0.25) is 0 Å². The fourth-order valence-corrected chi connectivity index (χ4v) is 5.22. The number of amides is 1. The standard InChI is InChI=1S/C23H29N3O2/c1-17-3-2-9-26(17)22-7-11-24(15-22)21-5-4-19-14-25(10-6-18(19)13-21)23(27)20-8-12-28-16-20/h4-5,8,12-13,16-17,22H,2-3,6-7,9-11,14-15H2,1H3/t17-,22-/m0/s1. The molecule has 5 nitrogen and oxygen atoms in total. The lowest BCUT2D eigenvalue weighted by atomic mass is 9.98. The predicted molar refractivity (Wildman–Crippen MR) is 110 cm³/mol. The van der Waals surface area contributed by atoms with Gasteiger partial charge in [-0.25, -0.2) is 0 Å². The highest BCUT2D eigenvalue weighted by atomic mass is 16.3. The average Bonchev–Trinajstić information content (AvgIpc) is 3.48. The number of furan rings is 1. The van der Waals surface area contributed by atoms with E-state index < -0.39 is 0 Å². The van der Waals surface area contributed by atoms with Gasteiger partial charge in [0, 0.05) is 44.0 Å². The van der Waals surface area contributed by atoms with Gasteiger partial charge in [-0.2, -0.15) is 0 Å². The first-order chi connectivity index (χ1) is 13.7. The Kier molecular flexibility index (Phi) is 4.63. The minimum absolute atomic E-state index is 0.0607. The minimum Gasteiger partial charge on any atom is -0.472 e. The maximum absolute atomic E-state index is 12.6. The van der Waals surface area contributed by atoms with Crippen molar-refractivity contribution in [1.29, 1.82) is 0 Å². The first-order valence-electron chi connectivity index (χ1n) is 10.6. The summed E-state index contributed by atoms with van der Waals surface area (Å²) in [7, 11) is 0. The summed E-state index contributed by atoms with van der Waals surface area (Å²) in [6, 6.07) is 10.0. The van der Waals surface area contributed by atoms with Crippen molar-refractivity contribution in [3.05, 3.63) is 53.5 Å². The number of rotatable bonds is 3. The van der Waals surface area contributed by atoms with Gasteiger partial charge in [0.05, 0.1) is 11.8 Å². The van der Waals surface area contributed by atoms with Crippen LogP contribution in [0.15, 0.2) is 41.2 Å². The van der Waals surface area contributed by atoms with Gasteiger partial charge in [-0.1, -0.05) is 6.07 Å². The van der Waals surface area contributed by atoms with Crippen LogP contribution in [-0.4, -0.2) is 54.0 Å². The molecule has 0 unspecified atom stereocenters. The molecule has 3 aliphatic heterocycles. The van der Waals surface area contributed by atoms with Crippen molar-refractivity contribution in [3.63, 3.8) is 0 Å². The molecule has 2 atom stereocenters. The van der Waals surface area contributed by atoms with Crippen LogP contribution >= 0.6 is 0 Å². The summed E-state index contributed by atoms with van der Waals surface area (Å²) >= 11 is 0. The summed E-state index contributed by atoms with van der Waals surface area (Å²) in [6.07, 6.45) is 7.99. The van der Waals surface area contributed by atoms with Crippen molar-refractivity contribution in [1.82, 2.24) is 9.80 Å². The van der Waals surface area contributed by atoms with E-state index in [1.165, 1.54) is 48.9 Å². The highest BCUT2D eigenvalue weighted by Crippen LogP contribution is 2.31. The second kappa shape index (κ2) is 7.28. The van der Waals surface area contributed by atoms with Gasteiger partial charge in [0.25, 0.3) is 5.91 Å². The molecule has 2 fully saturated rings. The molecule has 1 amide bonds. The molecule has 0 spiro atoms. The summed E-state index contributed by atoms with van der Waals surface area (Å²) < 4.78 is 5.06. The highest BCUT2D eigenvalue weighted by Gasteiger charge is 2.33. The van der Waals surface area contributed by atoms with Crippen LogP contribution in [-0.2, 0) is 13.0 Å². The quantitative estimate of drug-likeness (QED) is 0.818. The molecule has 1 aromatic carbocycles. The highest BCUT2D eigenvalue weighted by molar-refractivity contribution is 5.94. The van der Waals surface area contributed by atoms with Crippen molar-refractivity contribution < 1.29 is 9.21 Å². The van der Waals surface area contributed by atoms with E-state index in [4.69, 9.17) is 4.42 Å². The third kappa shape index (κ3) is 3.22. The molecule has 5 rings (SSSR count). The van der Waals surface area contributed by atoms with Crippen LogP contribution in [0, 0.1) is 0 Å². The van der Waals surface area contributed by atoms with Crippen molar-refractivity contribution in [2.45, 2.75) is 51.2 Å². The van der Waals surface area contributed by atoms with Crippen LogP contribution in [0.2, 0.25) is 0 Å². The van der Waals surface area contributed by atoms with E-state index in [0.29, 0.717) is 18.2 Å². The van der Waals surface area contributed by atoms with Gasteiger partial charge < -0.3 is 14.2 Å². The number of hydrogen-bond acceptors (Lipinski definition) is 4. The largest absolute Gasteiger partial charge is 0.472 e. The van der Waals surface area contributed by atoms with E-state index in [-0.39, 0.29) is 5.91 Å². The van der Waals surface area contributed by atoms with Crippen LogP contribution in [0.3, 0.4) is 0 Å². The van der Waals surface area contributed by atoms with Gasteiger partial charge in [0.15, 0.2) is 0 Å². The summed E-state index contributed by atoms with van der Waals surface area (Å²) in [5, 5.41) is 0. The molecule has 1 aromatic heterocycles. The van der Waals surface area contributed by atoms with Gasteiger partial charge >= 0.3 is 0 Å². The van der Waals surface area contributed by atoms with Gasteiger partial charge in [-0.15, -0.1) is 0 Å². The molecule has 0 radical (unpaired) electrons. The Morgan fingerprint density at radius 1 is 1.11 bits per heavy atom. The van der Waals surface area contributed by atoms with E-state index in [9.17, 15) is 4.79 Å². The van der Waals surface area contributed by atoms with E-state index in [1.54, 1.807) is 12.3 Å². The number of fused-ring (bicyclic) bond motifs is 1. The van der Waals surface area contributed by atoms with Gasteiger partial charge in [-0.3, -0.25) is 9.69 Å². The maximum Gasteiger partial charge on any atom is 0.257 e. The van der Waals surface area contributed by atoms with Gasteiger partial charge in [-0.05, 0) is 68.5 Å². The summed E-state index contributed by atoms with van der Waals surface area (Å²) in [5.74, 6) is 0.0607. The van der Waals surface area contributed by atoms with Gasteiger partial charge in [0.1, 0.15) is 6.26 Å². The summed E-state index contributed by atoms with van der Waals surface area (Å²) in [5.41, 5.74) is 4.66. The number of hydrogen-bond donors (Lipinski definition) is 0. The topological polar surface area (TPSA) is 39.9 Å². The molecule has 2 aromatic rings. The Morgan fingerprint density at radius 2 is 2.04 bits per heavy atom. The van der Waals surface area contributed by atoms with E-state index in [1.807, 2.05) is 4.90 Å². The SMILES string of the molecule is C[C@H]1CCCN1[C@H]1CCN(c2ccc3c(c2)CCN(C(=O)c2ccoc2)C3)C1. The van der Waals surface area contributed by atoms with E-state index in [2.05, 4.69) is 34.9 Å². The second-order valence-electron chi connectivity index (χ2n) is 8.56. The van der Waals surface area contributed by atoms with Crippen molar-refractivity contribution in [2.75, 3.05) is 31.1 Å². The molecular formula is C23H29N3O2. The number of carbonyl (C=O) groups is 1.